The number of pyridine rings is 1. The number of nitrogens with zero attached hydrogens (tertiary/aromatic N) is 1. The summed E-state index contributed by atoms with van der Waals surface area (Å²) in [6.45, 7) is 0. The van der Waals surface area contributed by atoms with Gasteiger partial charge >= 0.3 is 0 Å². The van der Waals surface area contributed by atoms with Gasteiger partial charge in [0.1, 0.15) is 4.60 Å². The Kier molecular flexibility index (Phi) is 4.38. The van der Waals surface area contributed by atoms with Gasteiger partial charge in [0.2, 0.25) is 0 Å². The topological polar surface area (TPSA) is 42.0 Å². The summed E-state index contributed by atoms with van der Waals surface area (Å²) < 4.78 is 0.712. The highest BCUT2D eigenvalue weighted by atomic mass is 79.9. The molecular formula is C13H11BrN2OS. The van der Waals surface area contributed by atoms with Crippen molar-refractivity contribution in [3.05, 3.63) is 52.8 Å². The van der Waals surface area contributed by atoms with E-state index in [2.05, 4.69) is 26.2 Å². The first-order chi connectivity index (χ1) is 8.69. The van der Waals surface area contributed by atoms with Crippen LogP contribution in [-0.4, -0.2) is 17.1 Å². The lowest BCUT2D eigenvalue weighted by molar-refractivity contribution is 0.102. The molecule has 1 aromatic heterocycles. The van der Waals surface area contributed by atoms with Crippen molar-refractivity contribution in [2.24, 2.45) is 0 Å². The first kappa shape index (κ1) is 13.1. The fourth-order valence-corrected chi connectivity index (χ4v) is 2.11. The minimum atomic E-state index is -0.159. The second kappa shape index (κ2) is 6.02. The van der Waals surface area contributed by atoms with E-state index in [1.807, 2.05) is 30.5 Å². The van der Waals surface area contributed by atoms with Crippen molar-refractivity contribution in [3.63, 3.8) is 0 Å². The van der Waals surface area contributed by atoms with Crippen molar-refractivity contribution in [2.75, 3.05) is 11.6 Å². The summed E-state index contributed by atoms with van der Waals surface area (Å²) in [5.74, 6) is -0.159. The van der Waals surface area contributed by atoms with Crippen LogP contribution in [-0.2, 0) is 0 Å². The zero-order valence-corrected chi connectivity index (χ0v) is 12.1. The molecule has 5 heteroatoms. The first-order valence-electron chi connectivity index (χ1n) is 5.26. The molecular weight excluding hydrogens is 312 g/mol. The second-order valence-electron chi connectivity index (χ2n) is 3.56. The van der Waals surface area contributed by atoms with Gasteiger partial charge in [0.05, 0.1) is 5.56 Å². The highest BCUT2D eigenvalue weighted by Gasteiger charge is 2.06. The lowest BCUT2D eigenvalue weighted by Crippen LogP contribution is -2.12. The highest BCUT2D eigenvalue weighted by molar-refractivity contribution is 9.10. The summed E-state index contributed by atoms with van der Waals surface area (Å²) in [4.78, 5) is 17.1. The monoisotopic (exact) mass is 322 g/mol. The average molecular weight is 323 g/mol. The maximum Gasteiger partial charge on any atom is 0.257 e. The summed E-state index contributed by atoms with van der Waals surface area (Å²) in [6, 6.07) is 11.2. The van der Waals surface area contributed by atoms with Crippen molar-refractivity contribution in [1.29, 1.82) is 0 Å². The van der Waals surface area contributed by atoms with E-state index in [0.717, 1.165) is 10.6 Å². The lowest BCUT2D eigenvalue weighted by atomic mass is 10.2. The van der Waals surface area contributed by atoms with E-state index >= 15 is 0 Å². The number of carbonyl (C=O) groups is 1. The Bertz CT molecular complexity index is 557. The van der Waals surface area contributed by atoms with Crippen LogP contribution in [0, 0.1) is 0 Å². The quantitative estimate of drug-likeness (QED) is 0.690. The Hall–Kier alpha value is -1.33. The van der Waals surface area contributed by atoms with Crippen LogP contribution < -0.4 is 5.32 Å². The SMILES string of the molecule is CSc1cccc(NC(=O)c2ccc(Br)nc2)c1. The number of nitrogens with one attached hydrogen (secondary N) is 1. The molecule has 1 heterocycles. The zero-order valence-electron chi connectivity index (χ0n) is 9.68. The first-order valence-corrected chi connectivity index (χ1v) is 7.28. The van der Waals surface area contributed by atoms with Gasteiger partial charge in [-0.15, -0.1) is 11.8 Å². The molecule has 92 valence electrons. The largest absolute Gasteiger partial charge is 0.322 e. The molecule has 1 aromatic carbocycles. The third-order valence-electron chi connectivity index (χ3n) is 2.32. The van der Waals surface area contributed by atoms with E-state index in [4.69, 9.17) is 0 Å². The van der Waals surface area contributed by atoms with Gasteiger partial charge in [0, 0.05) is 16.8 Å². The number of rotatable bonds is 3. The van der Waals surface area contributed by atoms with Crippen LogP contribution in [0.3, 0.4) is 0 Å². The van der Waals surface area contributed by atoms with Crippen LogP contribution in [0.5, 0.6) is 0 Å². The van der Waals surface area contributed by atoms with Gasteiger partial charge in [0.15, 0.2) is 0 Å². The van der Waals surface area contributed by atoms with Gasteiger partial charge in [-0.2, -0.15) is 0 Å². The summed E-state index contributed by atoms with van der Waals surface area (Å²) in [7, 11) is 0. The number of anilines is 1. The Morgan fingerprint density at radius 1 is 1.33 bits per heavy atom. The van der Waals surface area contributed by atoms with Gasteiger partial charge in [-0.05, 0) is 52.5 Å². The summed E-state index contributed by atoms with van der Waals surface area (Å²) in [6.07, 6.45) is 3.54. The number of hydrogen-bond acceptors (Lipinski definition) is 3. The Balaban J connectivity index is 2.13. The number of carbonyl (C=O) groups excluding carboxylic acids is 1. The van der Waals surface area contributed by atoms with E-state index in [-0.39, 0.29) is 5.91 Å². The molecule has 0 aliphatic carbocycles. The number of benzene rings is 1. The van der Waals surface area contributed by atoms with Crippen LogP contribution in [0.15, 0.2) is 52.1 Å². The Morgan fingerprint density at radius 3 is 2.83 bits per heavy atom. The van der Waals surface area contributed by atoms with Crippen molar-refractivity contribution < 1.29 is 4.79 Å². The van der Waals surface area contributed by atoms with E-state index in [1.54, 1.807) is 23.9 Å². The number of halogens is 1. The van der Waals surface area contributed by atoms with Crippen molar-refractivity contribution in [3.8, 4) is 0 Å². The number of hydrogen-bond donors (Lipinski definition) is 1. The second-order valence-corrected chi connectivity index (χ2v) is 5.25. The Morgan fingerprint density at radius 2 is 2.17 bits per heavy atom. The average Bonchev–Trinajstić information content (AvgIpc) is 2.39. The number of aromatic nitrogens is 1. The van der Waals surface area contributed by atoms with E-state index in [1.165, 1.54) is 6.20 Å². The molecule has 0 bridgehead atoms. The Labute approximate surface area is 118 Å². The van der Waals surface area contributed by atoms with Crippen LogP contribution in [0.25, 0.3) is 0 Å². The molecule has 3 nitrogen and oxygen atoms in total. The molecule has 0 saturated carbocycles. The molecule has 2 rings (SSSR count). The van der Waals surface area contributed by atoms with Crippen LogP contribution >= 0.6 is 27.7 Å². The molecule has 0 atom stereocenters. The van der Waals surface area contributed by atoms with E-state index in [9.17, 15) is 4.79 Å². The minimum absolute atomic E-state index is 0.159. The summed E-state index contributed by atoms with van der Waals surface area (Å²) in [5.41, 5.74) is 1.32. The smallest absolute Gasteiger partial charge is 0.257 e. The van der Waals surface area contributed by atoms with Crippen LogP contribution in [0.1, 0.15) is 10.4 Å². The minimum Gasteiger partial charge on any atom is -0.322 e. The molecule has 2 aromatic rings. The summed E-state index contributed by atoms with van der Waals surface area (Å²) in [5, 5.41) is 2.84. The predicted molar refractivity (Wildman–Crippen MR) is 78.1 cm³/mol. The van der Waals surface area contributed by atoms with Gasteiger partial charge in [-0.1, -0.05) is 6.07 Å². The van der Waals surface area contributed by atoms with Gasteiger partial charge in [0.25, 0.3) is 5.91 Å². The predicted octanol–water partition coefficient (Wildman–Crippen LogP) is 3.82. The van der Waals surface area contributed by atoms with Gasteiger partial charge in [-0.25, -0.2) is 4.98 Å². The molecule has 0 fully saturated rings. The number of thioether (sulfide) groups is 1. The standard InChI is InChI=1S/C13H11BrN2OS/c1-18-11-4-2-3-10(7-11)16-13(17)9-5-6-12(14)15-8-9/h2-8H,1H3,(H,16,17). The fraction of sp³-hybridized carbons (Fsp3) is 0.0769. The van der Waals surface area contributed by atoms with Gasteiger partial charge < -0.3 is 5.32 Å². The van der Waals surface area contributed by atoms with Gasteiger partial charge in [-0.3, -0.25) is 4.79 Å². The highest BCUT2D eigenvalue weighted by Crippen LogP contribution is 2.19. The molecule has 0 unspecified atom stereocenters. The molecule has 1 amide bonds. The molecule has 0 radical (unpaired) electrons. The molecule has 0 aliphatic rings. The van der Waals surface area contributed by atoms with E-state index < -0.39 is 0 Å². The molecule has 0 saturated heterocycles. The fourth-order valence-electron chi connectivity index (χ4n) is 1.41. The van der Waals surface area contributed by atoms with Crippen LogP contribution in [0.2, 0.25) is 0 Å². The molecule has 1 N–H and O–H groups in total. The normalized spacial score (nSPS) is 10.1. The number of amides is 1. The van der Waals surface area contributed by atoms with E-state index in [0.29, 0.717) is 10.2 Å². The summed E-state index contributed by atoms with van der Waals surface area (Å²) >= 11 is 4.87. The third kappa shape index (κ3) is 3.34. The lowest BCUT2D eigenvalue weighted by Gasteiger charge is -2.06. The van der Waals surface area contributed by atoms with Crippen molar-refractivity contribution in [1.82, 2.24) is 4.98 Å². The molecule has 0 spiro atoms. The van der Waals surface area contributed by atoms with Crippen molar-refractivity contribution >= 4 is 39.3 Å². The molecule has 18 heavy (non-hydrogen) atoms. The maximum atomic E-state index is 12.0. The maximum absolute atomic E-state index is 12.0. The molecule has 0 aliphatic heterocycles. The van der Waals surface area contributed by atoms with Crippen molar-refractivity contribution in [2.45, 2.75) is 4.90 Å². The zero-order chi connectivity index (χ0) is 13.0. The third-order valence-corrected chi connectivity index (χ3v) is 3.51. The van der Waals surface area contributed by atoms with Crippen LogP contribution in [0.4, 0.5) is 5.69 Å².